The molecule has 1 aromatic carbocycles. The van der Waals surface area contributed by atoms with Gasteiger partial charge in [-0.25, -0.2) is 17.4 Å². The highest BCUT2D eigenvalue weighted by molar-refractivity contribution is 7.90. The molecule has 3 aromatic rings. The Labute approximate surface area is 168 Å². The number of aromatic nitrogens is 2. The number of fused-ring (bicyclic) bond motifs is 1. The number of anilines is 1. The SMILES string of the molecule is CN1CCC(Nc2c([N+](=O)[O-])cnc3c2ccn3S(=O)(=O)c2ccccc2)CC1. The average molecular weight is 415 g/mol. The van der Waals surface area contributed by atoms with E-state index in [1.807, 2.05) is 7.05 Å². The van der Waals surface area contributed by atoms with E-state index in [1.54, 1.807) is 24.3 Å². The largest absolute Gasteiger partial charge is 0.376 e. The Morgan fingerprint density at radius 3 is 2.52 bits per heavy atom. The van der Waals surface area contributed by atoms with Gasteiger partial charge in [0.25, 0.3) is 10.0 Å². The zero-order chi connectivity index (χ0) is 20.6. The van der Waals surface area contributed by atoms with Gasteiger partial charge in [0.1, 0.15) is 11.9 Å². The van der Waals surface area contributed by atoms with Crippen molar-refractivity contribution in [1.82, 2.24) is 13.9 Å². The molecule has 10 heteroatoms. The molecule has 0 atom stereocenters. The summed E-state index contributed by atoms with van der Waals surface area (Å²) < 4.78 is 27.1. The van der Waals surface area contributed by atoms with Crippen molar-refractivity contribution in [2.45, 2.75) is 23.8 Å². The van der Waals surface area contributed by atoms with Crippen LogP contribution in [0.4, 0.5) is 11.4 Å². The third-order valence-electron chi connectivity index (χ3n) is 5.22. The van der Waals surface area contributed by atoms with E-state index in [0.717, 1.165) is 36.1 Å². The van der Waals surface area contributed by atoms with Gasteiger partial charge in [0.15, 0.2) is 5.65 Å². The van der Waals surface area contributed by atoms with E-state index in [1.165, 1.54) is 18.3 Å². The predicted octanol–water partition coefficient (Wildman–Crippen LogP) is 2.69. The number of pyridine rings is 1. The van der Waals surface area contributed by atoms with E-state index in [0.29, 0.717) is 11.1 Å². The van der Waals surface area contributed by atoms with Crippen molar-refractivity contribution in [3.05, 3.63) is 58.9 Å². The number of likely N-dealkylation sites (tertiary alicyclic amines) is 1. The molecule has 4 rings (SSSR count). The van der Waals surface area contributed by atoms with Gasteiger partial charge in [0.2, 0.25) is 0 Å². The van der Waals surface area contributed by atoms with Crippen LogP contribution in [-0.2, 0) is 10.0 Å². The van der Waals surface area contributed by atoms with Crippen LogP contribution in [0.15, 0.2) is 53.7 Å². The molecular weight excluding hydrogens is 394 g/mol. The first-order chi connectivity index (χ1) is 13.9. The molecule has 1 fully saturated rings. The Morgan fingerprint density at radius 1 is 1.17 bits per heavy atom. The van der Waals surface area contributed by atoms with Crippen LogP contribution in [0.5, 0.6) is 0 Å². The van der Waals surface area contributed by atoms with E-state index in [-0.39, 0.29) is 22.3 Å². The molecule has 9 nitrogen and oxygen atoms in total. The van der Waals surface area contributed by atoms with Crippen molar-refractivity contribution in [1.29, 1.82) is 0 Å². The number of hydrogen-bond acceptors (Lipinski definition) is 7. The highest BCUT2D eigenvalue weighted by Crippen LogP contribution is 2.35. The molecule has 1 aliphatic rings. The fraction of sp³-hybridized carbons (Fsp3) is 0.316. The molecule has 152 valence electrons. The second-order valence-corrected chi connectivity index (χ2v) is 8.98. The zero-order valence-corrected chi connectivity index (χ0v) is 16.7. The van der Waals surface area contributed by atoms with Gasteiger partial charge in [-0.05, 0) is 51.2 Å². The number of rotatable bonds is 5. The first-order valence-electron chi connectivity index (χ1n) is 9.28. The van der Waals surface area contributed by atoms with Crippen molar-refractivity contribution < 1.29 is 13.3 Å². The Kier molecular flexibility index (Phi) is 4.97. The highest BCUT2D eigenvalue weighted by Gasteiger charge is 2.27. The summed E-state index contributed by atoms with van der Waals surface area (Å²) in [6.07, 6.45) is 4.21. The average Bonchev–Trinajstić information content (AvgIpc) is 3.16. The van der Waals surface area contributed by atoms with Crippen LogP contribution in [0.25, 0.3) is 11.0 Å². The molecule has 0 saturated carbocycles. The first-order valence-corrected chi connectivity index (χ1v) is 10.7. The minimum atomic E-state index is -3.86. The van der Waals surface area contributed by atoms with Crippen molar-refractivity contribution in [3.8, 4) is 0 Å². The molecule has 0 radical (unpaired) electrons. The van der Waals surface area contributed by atoms with Crippen molar-refractivity contribution in [3.63, 3.8) is 0 Å². The van der Waals surface area contributed by atoms with E-state index in [2.05, 4.69) is 15.2 Å². The quantitative estimate of drug-likeness (QED) is 0.504. The van der Waals surface area contributed by atoms with E-state index < -0.39 is 14.9 Å². The second-order valence-electron chi connectivity index (χ2n) is 7.16. The summed E-state index contributed by atoms with van der Waals surface area (Å²) in [6, 6.07) is 9.66. The van der Waals surface area contributed by atoms with Crippen LogP contribution >= 0.6 is 0 Å². The van der Waals surface area contributed by atoms with Crippen molar-refractivity contribution in [2.75, 3.05) is 25.5 Å². The minimum Gasteiger partial charge on any atom is -0.376 e. The number of hydrogen-bond donors (Lipinski definition) is 1. The number of nitrogens with one attached hydrogen (secondary N) is 1. The summed E-state index contributed by atoms with van der Waals surface area (Å²) >= 11 is 0. The normalized spacial score (nSPS) is 16.2. The van der Waals surface area contributed by atoms with Gasteiger partial charge < -0.3 is 10.2 Å². The Hall–Kier alpha value is -2.98. The van der Waals surface area contributed by atoms with E-state index >= 15 is 0 Å². The number of piperidine rings is 1. The molecule has 0 spiro atoms. The van der Waals surface area contributed by atoms with Crippen LogP contribution < -0.4 is 5.32 Å². The molecular formula is C19H21N5O4S. The maximum absolute atomic E-state index is 13.0. The number of nitrogens with zero attached hydrogens (tertiary/aromatic N) is 4. The second kappa shape index (κ2) is 7.45. The van der Waals surface area contributed by atoms with Crippen LogP contribution in [0, 0.1) is 10.1 Å². The third-order valence-corrected chi connectivity index (χ3v) is 6.91. The third kappa shape index (κ3) is 3.56. The predicted molar refractivity (Wildman–Crippen MR) is 110 cm³/mol. The fourth-order valence-corrected chi connectivity index (χ4v) is 4.92. The van der Waals surface area contributed by atoms with Crippen LogP contribution in [0.2, 0.25) is 0 Å². The summed E-state index contributed by atoms with van der Waals surface area (Å²) in [5.74, 6) is 0. The minimum absolute atomic E-state index is 0.0737. The van der Waals surface area contributed by atoms with Gasteiger partial charge in [-0.1, -0.05) is 18.2 Å². The van der Waals surface area contributed by atoms with Gasteiger partial charge in [-0.2, -0.15) is 0 Å². The number of nitro groups is 1. The standard InChI is InChI=1S/C19H21N5O4S/c1-22-10-7-14(8-11-22)21-18-16-9-12-23(19(16)20-13-17(18)24(25)26)29(27,28)15-5-3-2-4-6-15/h2-6,9,12-14H,7-8,10-11H2,1H3,(H,20,21). The van der Waals surface area contributed by atoms with E-state index in [4.69, 9.17) is 0 Å². The van der Waals surface area contributed by atoms with Crippen molar-refractivity contribution >= 4 is 32.4 Å². The molecule has 1 N–H and O–H groups in total. The van der Waals surface area contributed by atoms with Gasteiger partial charge in [-0.3, -0.25) is 10.1 Å². The van der Waals surface area contributed by atoms with Crippen LogP contribution in [-0.4, -0.2) is 53.4 Å². The lowest BCUT2D eigenvalue weighted by molar-refractivity contribution is -0.384. The Morgan fingerprint density at radius 2 is 1.86 bits per heavy atom. The number of benzene rings is 1. The Bertz CT molecular complexity index is 1150. The van der Waals surface area contributed by atoms with Gasteiger partial charge in [-0.15, -0.1) is 0 Å². The molecule has 3 heterocycles. The summed E-state index contributed by atoms with van der Waals surface area (Å²) in [7, 11) is -1.82. The zero-order valence-electron chi connectivity index (χ0n) is 15.9. The summed E-state index contributed by atoms with van der Waals surface area (Å²) in [4.78, 5) is 17.5. The molecule has 2 aromatic heterocycles. The van der Waals surface area contributed by atoms with E-state index in [9.17, 15) is 18.5 Å². The van der Waals surface area contributed by atoms with Gasteiger partial charge in [0, 0.05) is 12.2 Å². The van der Waals surface area contributed by atoms with Crippen LogP contribution in [0.3, 0.4) is 0 Å². The monoisotopic (exact) mass is 415 g/mol. The maximum Gasteiger partial charge on any atom is 0.311 e. The molecule has 1 aliphatic heterocycles. The summed E-state index contributed by atoms with van der Waals surface area (Å²) in [5, 5.41) is 15.3. The van der Waals surface area contributed by atoms with Gasteiger partial charge >= 0.3 is 5.69 Å². The van der Waals surface area contributed by atoms with Crippen molar-refractivity contribution in [2.24, 2.45) is 0 Å². The lowest BCUT2D eigenvalue weighted by atomic mass is 10.0. The van der Waals surface area contributed by atoms with Crippen LogP contribution in [0.1, 0.15) is 12.8 Å². The van der Waals surface area contributed by atoms with Gasteiger partial charge in [0.05, 0.1) is 15.2 Å². The molecule has 0 amide bonds. The Balaban J connectivity index is 1.81. The fourth-order valence-electron chi connectivity index (χ4n) is 3.60. The summed E-state index contributed by atoms with van der Waals surface area (Å²) in [6.45, 7) is 1.78. The molecule has 0 aliphatic carbocycles. The smallest absolute Gasteiger partial charge is 0.311 e. The molecule has 29 heavy (non-hydrogen) atoms. The maximum atomic E-state index is 13.0. The lowest BCUT2D eigenvalue weighted by Gasteiger charge is -2.30. The molecule has 0 bridgehead atoms. The molecule has 0 unspecified atom stereocenters. The summed E-state index contributed by atoms with van der Waals surface area (Å²) in [5.41, 5.74) is 0.317. The first kappa shape index (κ1) is 19.3. The topological polar surface area (TPSA) is 110 Å². The lowest BCUT2D eigenvalue weighted by Crippen LogP contribution is -2.36. The highest BCUT2D eigenvalue weighted by atomic mass is 32.2. The molecule has 1 saturated heterocycles.